The van der Waals surface area contributed by atoms with E-state index in [1.54, 1.807) is 7.11 Å². The summed E-state index contributed by atoms with van der Waals surface area (Å²) in [5.74, 6) is 1.44. The van der Waals surface area contributed by atoms with Crippen molar-refractivity contribution in [3.05, 3.63) is 46.6 Å². The van der Waals surface area contributed by atoms with Crippen LogP contribution in [0.15, 0.2) is 41.0 Å². The predicted octanol–water partition coefficient (Wildman–Crippen LogP) is 3.66. The summed E-state index contributed by atoms with van der Waals surface area (Å²) in [6.07, 6.45) is 1.94. The van der Waals surface area contributed by atoms with Crippen LogP contribution in [0.4, 0.5) is 5.82 Å². The third-order valence-corrected chi connectivity index (χ3v) is 4.13. The van der Waals surface area contributed by atoms with Crippen molar-refractivity contribution in [2.45, 2.75) is 6.92 Å². The van der Waals surface area contributed by atoms with Gasteiger partial charge in [0, 0.05) is 16.2 Å². The molecule has 2 aromatic heterocycles. The number of ether oxygens (including phenoxy) is 1. The third kappa shape index (κ3) is 2.04. The molecule has 20 heavy (non-hydrogen) atoms. The van der Waals surface area contributed by atoms with Gasteiger partial charge in [-0.05, 0) is 58.7 Å². The van der Waals surface area contributed by atoms with Crippen LogP contribution < -0.4 is 10.5 Å². The second-order valence-corrected chi connectivity index (χ2v) is 5.46. The lowest BCUT2D eigenvalue weighted by Gasteiger charge is -2.02. The molecule has 3 rings (SSSR count). The van der Waals surface area contributed by atoms with E-state index in [1.807, 2.05) is 47.9 Å². The van der Waals surface area contributed by atoms with Gasteiger partial charge in [0.2, 0.25) is 0 Å². The second kappa shape index (κ2) is 4.83. The van der Waals surface area contributed by atoms with E-state index >= 15 is 0 Å². The molecule has 102 valence electrons. The molecule has 0 unspecified atom stereocenters. The first-order valence-electron chi connectivity index (χ1n) is 6.18. The first-order chi connectivity index (χ1) is 9.60. The van der Waals surface area contributed by atoms with E-state index in [0.717, 1.165) is 32.7 Å². The Hall–Kier alpha value is -2.01. The van der Waals surface area contributed by atoms with E-state index in [0.29, 0.717) is 5.82 Å². The Labute approximate surface area is 125 Å². The molecule has 0 fully saturated rings. The Morgan fingerprint density at radius 1 is 1.25 bits per heavy atom. The number of benzene rings is 1. The number of halogens is 1. The minimum atomic E-state index is 0.630. The number of nitrogen functional groups attached to an aromatic ring is 1. The standard InChI is InChI=1S/C15H14BrN3O/c1-9-7-13-18-14(15(17)19(13)8-12(9)16)10-3-5-11(20-2)6-4-10/h3-8H,17H2,1-2H3. The first-order valence-corrected chi connectivity index (χ1v) is 6.97. The molecule has 4 nitrogen and oxygen atoms in total. The molecule has 1 aromatic carbocycles. The molecule has 0 aliphatic rings. The SMILES string of the molecule is COc1ccc(-c2nc3cc(C)c(Br)cn3c2N)cc1. The molecule has 0 aliphatic carbocycles. The minimum Gasteiger partial charge on any atom is -0.497 e. The quantitative estimate of drug-likeness (QED) is 0.779. The van der Waals surface area contributed by atoms with E-state index in [1.165, 1.54) is 0 Å². The molecule has 2 N–H and O–H groups in total. The zero-order chi connectivity index (χ0) is 14.3. The van der Waals surface area contributed by atoms with E-state index in [4.69, 9.17) is 10.5 Å². The van der Waals surface area contributed by atoms with Gasteiger partial charge in [0.05, 0.1) is 7.11 Å². The molecule has 0 bridgehead atoms. The van der Waals surface area contributed by atoms with Gasteiger partial charge in [0.15, 0.2) is 0 Å². The Morgan fingerprint density at radius 2 is 1.95 bits per heavy atom. The molecule has 5 heteroatoms. The maximum Gasteiger partial charge on any atom is 0.139 e. The maximum absolute atomic E-state index is 6.21. The van der Waals surface area contributed by atoms with Gasteiger partial charge in [-0.1, -0.05) is 0 Å². The summed E-state index contributed by atoms with van der Waals surface area (Å²) in [5.41, 5.74) is 9.93. The molecular formula is C15H14BrN3O. The minimum absolute atomic E-state index is 0.630. The Morgan fingerprint density at radius 3 is 2.60 bits per heavy atom. The fraction of sp³-hybridized carbons (Fsp3) is 0.133. The lowest BCUT2D eigenvalue weighted by Crippen LogP contribution is -1.95. The monoisotopic (exact) mass is 331 g/mol. The van der Waals surface area contributed by atoms with Crippen molar-refractivity contribution in [3.8, 4) is 17.0 Å². The molecule has 3 aromatic rings. The number of aromatic nitrogens is 2. The van der Waals surface area contributed by atoms with Crippen LogP contribution in [0.2, 0.25) is 0 Å². The van der Waals surface area contributed by atoms with Crippen LogP contribution >= 0.6 is 15.9 Å². The molecular weight excluding hydrogens is 318 g/mol. The molecule has 2 heterocycles. The van der Waals surface area contributed by atoms with Gasteiger partial charge in [-0.3, -0.25) is 4.40 Å². The maximum atomic E-state index is 6.21. The Bertz CT molecular complexity index is 778. The summed E-state index contributed by atoms with van der Waals surface area (Å²) in [4.78, 5) is 4.62. The van der Waals surface area contributed by atoms with Gasteiger partial charge in [-0.2, -0.15) is 0 Å². The Balaban J connectivity index is 2.18. The lowest BCUT2D eigenvalue weighted by atomic mass is 10.1. The summed E-state index contributed by atoms with van der Waals surface area (Å²) < 4.78 is 8.06. The number of pyridine rings is 1. The number of rotatable bonds is 2. The Kier molecular flexibility index (Phi) is 3.14. The zero-order valence-electron chi connectivity index (χ0n) is 11.2. The third-order valence-electron chi connectivity index (χ3n) is 3.30. The van der Waals surface area contributed by atoms with Gasteiger partial charge < -0.3 is 10.5 Å². The molecule has 0 spiro atoms. The summed E-state index contributed by atoms with van der Waals surface area (Å²) >= 11 is 3.51. The van der Waals surface area contributed by atoms with Crippen molar-refractivity contribution in [1.29, 1.82) is 0 Å². The van der Waals surface area contributed by atoms with Gasteiger partial charge in [0.1, 0.15) is 22.9 Å². The summed E-state index contributed by atoms with van der Waals surface area (Å²) in [7, 11) is 1.65. The highest BCUT2D eigenvalue weighted by atomic mass is 79.9. The van der Waals surface area contributed by atoms with E-state index in [-0.39, 0.29) is 0 Å². The lowest BCUT2D eigenvalue weighted by molar-refractivity contribution is 0.415. The van der Waals surface area contributed by atoms with E-state index in [2.05, 4.69) is 20.9 Å². The van der Waals surface area contributed by atoms with Crippen LogP contribution in [0.5, 0.6) is 5.75 Å². The molecule has 0 amide bonds. The number of anilines is 1. The topological polar surface area (TPSA) is 52.5 Å². The number of hydrogen-bond acceptors (Lipinski definition) is 3. The highest BCUT2D eigenvalue weighted by Crippen LogP contribution is 2.29. The molecule has 0 aliphatic heterocycles. The average Bonchev–Trinajstić information content (AvgIpc) is 2.77. The van der Waals surface area contributed by atoms with Crippen LogP contribution in [0.1, 0.15) is 5.56 Å². The van der Waals surface area contributed by atoms with Crippen molar-refractivity contribution >= 4 is 27.4 Å². The number of imidazole rings is 1. The molecule has 0 saturated carbocycles. The first kappa shape index (κ1) is 13.0. The van der Waals surface area contributed by atoms with Crippen molar-refractivity contribution in [1.82, 2.24) is 9.38 Å². The average molecular weight is 332 g/mol. The zero-order valence-corrected chi connectivity index (χ0v) is 12.8. The number of hydrogen-bond donors (Lipinski definition) is 1. The van der Waals surface area contributed by atoms with Gasteiger partial charge in [-0.15, -0.1) is 0 Å². The summed E-state index contributed by atoms with van der Waals surface area (Å²) in [6.45, 7) is 2.03. The van der Waals surface area contributed by atoms with Crippen molar-refractivity contribution in [2.75, 3.05) is 12.8 Å². The van der Waals surface area contributed by atoms with Crippen LogP contribution in [0.25, 0.3) is 16.9 Å². The summed E-state index contributed by atoms with van der Waals surface area (Å²) in [6, 6.07) is 9.73. The number of nitrogens with two attached hydrogens (primary N) is 1. The smallest absolute Gasteiger partial charge is 0.139 e. The largest absolute Gasteiger partial charge is 0.497 e. The molecule has 0 atom stereocenters. The van der Waals surface area contributed by atoms with Crippen molar-refractivity contribution in [2.24, 2.45) is 0 Å². The highest BCUT2D eigenvalue weighted by Gasteiger charge is 2.12. The normalized spacial score (nSPS) is 10.9. The van der Waals surface area contributed by atoms with Crippen molar-refractivity contribution in [3.63, 3.8) is 0 Å². The number of nitrogens with zero attached hydrogens (tertiary/aromatic N) is 2. The number of fused-ring (bicyclic) bond motifs is 1. The summed E-state index contributed by atoms with van der Waals surface area (Å²) in [5, 5.41) is 0. The fourth-order valence-corrected chi connectivity index (χ4v) is 2.46. The van der Waals surface area contributed by atoms with E-state index < -0.39 is 0 Å². The molecule has 0 radical (unpaired) electrons. The van der Waals surface area contributed by atoms with Crippen LogP contribution in [-0.4, -0.2) is 16.5 Å². The van der Waals surface area contributed by atoms with Gasteiger partial charge in [0.25, 0.3) is 0 Å². The fourth-order valence-electron chi connectivity index (χ4n) is 2.14. The van der Waals surface area contributed by atoms with E-state index in [9.17, 15) is 0 Å². The van der Waals surface area contributed by atoms with Crippen LogP contribution in [0, 0.1) is 6.92 Å². The van der Waals surface area contributed by atoms with Crippen LogP contribution in [0.3, 0.4) is 0 Å². The highest BCUT2D eigenvalue weighted by molar-refractivity contribution is 9.10. The second-order valence-electron chi connectivity index (χ2n) is 4.61. The van der Waals surface area contributed by atoms with Gasteiger partial charge >= 0.3 is 0 Å². The van der Waals surface area contributed by atoms with Crippen LogP contribution in [-0.2, 0) is 0 Å². The predicted molar refractivity (Wildman–Crippen MR) is 84.0 cm³/mol. The molecule has 0 saturated heterocycles. The van der Waals surface area contributed by atoms with Crippen molar-refractivity contribution < 1.29 is 4.74 Å². The van der Waals surface area contributed by atoms with Gasteiger partial charge in [-0.25, -0.2) is 4.98 Å². The number of aryl methyl sites for hydroxylation is 1. The number of methoxy groups -OCH3 is 1.